The Labute approximate surface area is 101 Å². The Kier molecular flexibility index (Phi) is 3.93. The highest BCUT2D eigenvalue weighted by atomic mass is 16.2. The van der Waals surface area contributed by atoms with E-state index in [0.717, 1.165) is 31.6 Å². The van der Waals surface area contributed by atoms with Crippen molar-refractivity contribution in [3.05, 3.63) is 30.1 Å². The van der Waals surface area contributed by atoms with Gasteiger partial charge in [0.15, 0.2) is 0 Å². The van der Waals surface area contributed by atoms with Crippen molar-refractivity contribution in [1.29, 1.82) is 0 Å². The average molecular weight is 234 g/mol. The van der Waals surface area contributed by atoms with Crippen LogP contribution in [0.2, 0.25) is 0 Å². The van der Waals surface area contributed by atoms with Crippen LogP contribution in [0.25, 0.3) is 0 Å². The average Bonchev–Trinajstić information content (AvgIpc) is 2.73. The fraction of sp³-hybridized carbons (Fsp3) is 0.500. The Morgan fingerprint density at radius 2 is 2.29 bits per heavy atom. The summed E-state index contributed by atoms with van der Waals surface area (Å²) in [7, 11) is 1.92. The van der Waals surface area contributed by atoms with Crippen LogP contribution in [0.5, 0.6) is 0 Å². The first-order chi connectivity index (χ1) is 8.31. The number of carbonyl (C=O) groups excluding carboxylic acids is 1. The van der Waals surface area contributed by atoms with Gasteiger partial charge in [0, 0.05) is 25.5 Å². The van der Waals surface area contributed by atoms with Gasteiger partial charge in [-0.3, -0.25) is 4.98 Å². The summed E-state index contributed by atoms with van der Waals surface area (Å²) < 4.78 is 0. The van der Waals surface area contributed by atoms with Gasteiger partial charge in [0.05, 0.1) is 6.04 Å². The maximum Gasteiger partial charge on any atom is 0.318 e. The van der Waals surface area contributed by atoms with Gasteiger partial charge in [-0.25, -0.2) is 4.79 Å². The quantitative estimate of drug-likeness (QED) is 0.739. The topological polar surface area (TPSA) is 57.3 Å². The number of nitrogens with one attached hydrogen (secondary N) is 2. The Morgan fingerprint density at radius 3 is 3.00 bits per heavy atom. The smallest absolute Gasteiger partial charge is 0.318 e. The van der Waals surface area contributed by atoms with E-state index in [1.807, 2.05) is 24.1 Å². The summed E-state index contributed by atoms with van der Waals surface area (Å²) in [6, 6.07) is 4.02. The number of aromatic nitrogens is 1. The molecule has 0 spiro atoms. The van der Waals surface area contributed by atoms with Gasteiger partial charge in [0.2, 0.25) is 0 Å². The molecule has 2 amide bonds. The van der Waals surface area contributed by atoms with Crippen molar-refractivity contribution >= 4 is 6.03 Å². The molecule has 1 atom stereocenters. The Morgan fingerprint density at radius 1 is 1.53 bits per heavy atom. The molecule has 92 valence electrons. The van der Waals surface area contributed by atoms with Gasteiger partial charge < -0.3 is 15.5 Å². The van der Waals surface area contributed by atoms with E-state index in [1.54, 1.807) is 12.4 Å². The predicted octanol–water partition coefficient (Wildman–Crippen LogP) is 0.757. The van der Waals surface area contributed by atoms with E-state index < -0.39 is 0 Å². The van der Waals surface area contributed by atoms with E-state index in [9.17, 15) is 4.79 Å². The summed E-state index contributed by atoms with van der Waals surface area (Å²) in [5.74, 6) is 0. The molecule has 0 bridgehead atoms. The Bertz CT molecular complexity index is 368. The third-order valence-corrected chi connectivity index (χ3v) is 2.95. The lowest BCUT2D eigenvalue weighted by molar-refractivity contribution is 0.217. The van der Waals surface area contributed by atoms with Crippen LogP contribution < -0.4 is 10.6 Å². The summed E-state index contributed by atoms with van der Waals surface area (Å²) in [5, 5.41) is 6.07. The number of urea groups is 1. The zero-order valence-corrected chi connectivity index (χ0v) is 10.0. The first kappa shape index (κ1) is 11.9. The molecule has 0 saturated carbocycles. The summed E-state index contributed by atoms with van der Waals surface area (Å²) in [6.07, 6.45) is 4.49. The van der Waals surface area contributed by atoms with Gasteiger partial charge >= 0.3 is 6.03 Å². The van der Waals surface area contributed by atoms with Crippen LogP contribution in [-0.2, 0) is 0 Å². The molecule has 2 N–H and O–H groups in total. The molecule has 5 nitrogen and oxygen atoms in total. The minimum Gasteiger partial charge on any atom is -0.329 e. The van der Waals surface area contributed by atoms with E-state index in [4.69, 9.17) is 0 Å². The third kappa shape index (κ3) is 2.94. The second-order valence-electron chi connectivity index (χ2n) is 4.19. The summed E-state index contributed by atoms with van der Waals surface area (Å²) in [5.41, 5.74) is 1.12. The molecule has 0 aliphatic carbocycles. The highest BCUT2D eigenvalue weighted by Gasteiger charge is 2.28. The van der Waals surface area contributed by atoms with Crippen molar-refractivity contribution < 1.29 is 4.79 Å². The number of rotatable bonds is 5. The first-order valence-corrected chi connectivity index (χ1v) is 5.91. The molecule has 1 saturated heterocycles. The number of hydrogen-bond donors (Lipinski definition) is 2. The van der Waals surface area contributed by atoms with E-state index in [0.29, 0.717) is 0 Å². The van der Waals surface area contributed by atoms with Gasteiger partial charge in [-0.1, -0.05) is 0 Å². The SMILES string of the molecule is CNCCCN1CC(c2ccncc2)NC1=O. The molecule has 1 aromatic rings. The van der Waals surface area contributed by atoms with E-state index in [1.165, 1.54) is 0 Å². The fourth-order valence-electron chi connectivity index (χ4n) is 2.01. The second-order valence-corrected chi connectivity index (χ2v) is 4.19. The highest BCUT2D eigenvalue weighted by molar-refractivity contribution is 5.77. The van der Waals surface area contributed by atoms with Crippen LogP contribution in [0.3, 0.4) is 0 Å². The fourth-order valence-corrected chi connectivity index (χ4v) is 2.01. The molecule has 0 aromatic carbocycles. The molecule has 1 fully saturated rings. The Balaban J connectivity index is 1.91. The largest absolute Gasteiger partial charge is 0.329 e. The molecule has 2 heterocycles. The predicted molar refractivity (Wildman–Crippen MR) is 65.6 cm³/mol. The zero-order valence-electron chi connectivity index (χ0n) is 10.0. The van der Waals surface area contributed by atoms with Crippen LogP contribution in [0, 0.1) is 0 Å². The van der Waals surface area contributed by atoms with Crippen LogP contribution in [0.15, 0.2) is 24.5 Å². The van der Waals surface area contributed by atoms with Crippen LogP contribution in [0.1, 0.15) is 18.0 Å². The maximum absolute atomic E-state index is 11.7. The molecule has 1 unspecified atom stereocenters. The lowest BCUT2D eigenvalue weighted by Crippen LogP contribution is -2.30. The van der Waals surface area contributed by atoms with Crippen molar-refractivity contribution in [2.24, 2.45) is 0 Å². The molecular formula is C12H18N4O. The number of pyridine rings is 1. The normalized spacial score (nSPS) is 19.5. The molecule has 0 radical (unpaired) electrons. The van der Waals surface area contributed by atoms with E-state index in [2.05, 4.69) is 15.6 Å². The minimum absolute atomic E-state index is 0.0305. The lowest BCUT2D eigenvalue weighted by atomic mass is 10.1. The summed E-state index contributed by atoms with van der Waals surface area (Å²) in [4.78, 5) is 17.6. The summed E-state index contributed by atoms with van der Waals surface area (Å²) >= 11 is 0. The first-order valence-electron chi connectivity index (χ1n) is 5.91. The van der Waals surface area contributed by atoms with Gasteiger partial charge in [0.25, 0.3) is 0 Å². The number of amides is 2. The number of carbonyl (C=O) groups is 1. The molecule has 1 aliphatic rings. The standard InChI is InChI=1S/C12H18N4O/c1-13-5-2-8-16-9-11(15-12(16)17)10-3-6-14-7-4-10/h3-4,6-7,11,13H,2,5,8-9H2,1H3,(H,15,17). The highest BCUT2D eigenvalue weighted by Crippen LogP contribution is 2.19. The molecule has 2 rings (SSSR count). The summed E-state index contributed by atoms with van der Waals surface area (Å²) in [6.45, 7) is 2.48. The van der Waals surface area contributed by atoms with Crippen molar-refractivity contribution in [2.75, 3.05) is 26.7 Å². The monoisotopic (exact) mass is 234 g/mol. The van der Waals surface area contributed by atoms with E-state index >= 15 is 0 Å². The molecule has 17 heavy (non-hydrogen) atoms. The number of hydrogen-bond acceptors (Lipinski definition) is 3. The van der Waals surface area contributed by atoms with E-state index in [-0.39, 0.29) is 12.1 Å². The van der Waals surface area contributed by atoms with Crippen molar-refractivity contribution in [2.45, 2.75) is 12.5 Å². The molecule has 1 aliphatic heterocycles. The van der Waals surface area contributed by atoms with Crippen LogP contribution in [0.4, 0.5) is 4.79 Å². The van der Waals surface area contributed by atoms with Crippen molar-refractivity contribution in [3.8, 4) is 0 Å². The van der Waals surface area contributed by atoms with Crippen molar-refractivity contribution in [3.63, 3.8) is 0 Å². The van der Waals surface area contributed by atoms with Gasteiger partial charge in [0.1, 0.15) is 0 Å². The third-order valence-electron chi connectivity index (χ3n) is 2.95. The molecular weight excluding hydrogens is 216 g/mol. The van der Waals surface area contributed by atoms with Gasteiger partial charge in [-0.05, 0) is 37.7 Å². The maximum atomic E-state index is 11.7. The molecule has 5 heteroatoms. The Hall–Kier alpha value is -1.62. The van der Waals surface area contributed by atoms with Crippen LogP contribution in [-0.4, -0.2) is 42.6 Å². The number of nitrogens with zero attached hydrogens (tertiary/aromatic N) is 2. The van der Waals surface area contributed by atoms with Crippen molar-refractivity contribution in [1.82, 2.24) is 20.5 Å². The van der Waals surface area contributed by atoms with Gasteiger partial charge in [-0.2, -0.15) is 0 Å². The van der Waals surface area contributed by atoms with Crippen LogP contribution >= 0.6 is 0 Å². The molecule has 1 aromatic heterocycles. The minimum atomic E-state index is 0.0305. The zero-order chi connectivity index (χ0) is 12.1. The second kappa shape index (κ2) is 5.63. The van der Waals surface area contributed by atoms with Gasteiger partial charge in [-0.15, -0.1) is 0 Å². The lowest BCUT2D eigenvalue weighted by Gasteiger charge is -2.14.